The summed E-state index contributed by atoms with van der Waals surface area (Å²) in [5.41, 5.74) is 2.62. The van der Waals surface area contributed by atoms with Crippen LogP contribution in [0.3, 0.4) is 0 Å². The van der Waals surface area contributed by atoms with Crippen molar-refractivity contribution in [3.05, 3.63) is 57.0 Å². The van der Waals surface area contributed by atoms with Crippen molar-refractivity contribution in [1.82, 2.24) is 10.2 Å². The number of hydrogen-bond acceptors (Lipinski definition) is 4. The molecule has 0 aliphatic carbocycles. The van der Waals surface area contributed by atoms with E-state index in [1.54, 1.807) is 18.3 Å². The Morgan fingerprint density at radius 1 is 1.50 bits per heavy atom. The molecular weight excluding hydrogens is 370 g/mol. The summed E-state index contributed by atoms with van der Waals surface area (Å²) < 4.78 is 0.655. The summed E-state index contributed by atoms with van der Waals surface area (Å²) in [6.07, 6.45) is 1.77. The lowest BCUT2D eigenvalue weighted by molar-refractivity contribution is -0.115. The summed E-state index contributed by atoms with van der Waals surface area (Å²) in [6, 6.07) is 6.91. The molecule has 1 aromatic heterocycles. The van der Waals surface area contributed by atoms with Gasteiger partial charge in [0.2, 0.25) is 0 Å². The third-order valence-electron chi connectivity index (χ3n) is 3.95. The van der Waals surface area contributed by atoms with Gasteiger partial charge in [-0.1, -0.05) is 12.1 Å². The molecule has 2 atom stereocenters. The number of carbonyl (C=O) groups excluding carboxylic acids is 1. The zero-order valence-electron chi connectivity index (χ0n) is 12.7. The van der Waals surface area contributed by atoms with Crippen LogP contribution in [0.15, 0.2) is 33.9 Å². The molecule has 1 aliphatic heterocycles. The number of nitrogens with zero attached hydrogens (tertiary/aromatic N) is 4. The van der Waals surface area contributed by atoms with Gasteiger partial charge in [-0.05, 0) is 34.5 Å². The molecule has 0 bridgehead atoms. The van der Waals surface area contributed by atoms with Gasteiger partial charge in [0.25, 0.3) is 6.04 Å². The van der Waals surface area contributed by atoms with E-state index in [0.717, 1.165) is 11.1 Å². The van der Waals surface area contributed by atoms with Crippen LogP contribution in [0.1, 0.15) is 36.0 Å². The molecule has 24 heavy (non-hydrogen) atoms. The SMILES string of the molecule is [C-]#[N+]C1C(CC(C)=O)=Nc2[nH]ncc2C1c1cccc(C#N)c1Br. The molecule has 2 heterocycles. The van der Waals surface area contributed by atoms with Gasteiger partial charge in [0.1, 0.15) is 17.6 Å². The molecule has 2 aromatic rings. The number of fused-ring (bicyclic) bond motifs is 1. The number of nitrogens with one attached hydrogen (secondary N) is 1. The molecule has 1 aromatic carbocycles. The van der Waals surface area contributed by atoms with Crippen LogP contribution in [0.25, 0.3) is 4.85 Å². The molecule has 1 aliphatic rings. The summed E-state index contributed by atoms with van der Waals surface area (Å²) in [7, 11) is 0. The molecule has 6 nitrogen and oxygen atoms in total. The Morgan fingerprint density at radius 3 is 2.96 bits per heavy atom. The highest BCUT2D eigenvalue weighted by Crippen LogP contribution is 2.42. The van der Waals surface area contributed by atoms with Gasteiger partial charge in [-0.15, -0.1) is 0 Å². The fourth-order valence-corrected chi connectivity index (χ4v) is 3.54. The van der Waals surface area contributed by atoms with Gasteiger partial charge < -0.3 is 4.85 Å². The summed E-state index contributed by atoms with van der Waals surface area (Å²) >= 11 is 3.48. The maximum Gasteiger partial charge on any atom is 0.272 e. The minimum Gasteiger partial charge on any atom is -0.306 e. The van der Waals surface area contributed by atoms with Crippen molar-refractivity contribution in [3.63, 3.8) is 0 Å². The molecule has 0 saturated heterocycles. The number of aromatic amines is 1. The van der Waals surface area contributed by atoms with Crippen LogP contribution >= 0.6 is 15.9 Å². The Bertz CT molecular complexity index is 931. The van der Waals surface area contributed by atoms with E-state index in [1.807, 2.05) is 6.07 Å². The maximum absolute atomic E-state index is 11.6. The lowest BCUT2D eigenvalue weighted by Crippen LogP contribution is -2.30. The molecule has 118 valence electrons. The predicted molar refractivity (Wildman–Crippen MR) is 92.1 cm³/mol. The molecule has 0 spiro atoms. The molecule has 1 N–H and O–H groups in total. The summed E-state index contributed by atoms with van der Waals surface area (Å²) in [5, 5.41) is 16.1. The Labute approximate surface area is 147 Å². The molecular formula is C17H12BrN5O. The Hall–Kier alpha value is -2.77. The number of rotatable bonds is 3. The highest BCUT2D eigenvalue weighted by molar-refractivity contribution is 9.10. The van der Waals surface area contributed by atoms with Crippen molar-refractivity contribution in [2.24, 2.45) is 4.99 Å². The first-order valence-corrected chi connectivity index (χ1v) is 8.01. The Morgan fingerprint density at radius 2 is 2.29 bits per heavy atom. The summed E-state index contributed by atoms with van der Waals surface area (Å²) in [4.78, 5) is 19.7. The number of carbonyl (C=O) groups is 1. The minimum atomic E-state index is -0.607. The van der Waals surface area contributed by atoms with Crippen LogP contribution in [0, 0.1) is 17.9 Å². The van der Waals surface area contributed by atoms with Crippen LogP contribution in [0.4, 0.5) is 5.82 Å². The van der Waals surface area contributed by atoms with Gasteiger partial charge in [0.05, 0.1) is 24.1 Å². The lowest BCUT2D eigenvalue weighted by Gasteiger charge is -2.24. The van der Waals surface area contributed by atoms with Crippen molar-refractivity contribution in [2.75, 3.05) is 0 Å². The van der Waals surface area contributed by atoms with Gasteiger partial charge in [-0.2, -0.15) is 10.4 Å². The van der Waals surface area contributed by atoms with Gasteiger partial charge in [-0.25, -0.2) is 11.6 Å². The van der Waals surface area contributed by atoms with Crippen LogP contribution in [0.2, 0.25) is 0 Å². The molecule has 0 amide bonds. The number of hydrogen-bond donors (Lipinski definition) is 1. The highest BCUT2D eigenvalue weighted by atomic mass is 79.9. The Kier molecular flexibility index (Phi) is 4.28. The minimum absolute atomic E-state index is 0.0473. The van der Waals surface area contributed by atoms with E-state index in [9.17, 15) is 10.1 Å². The van der Waals surface area contributed by atoms with E-state index in [4.69, 9.17) is 6.57 Å². The average Bonchev–Trinajstić information content (AvgIpc) is 3.01. The van der Waals surface area contributed by atoms with Crippen molar-refractivity contribution < 1.29 is 4.79 Å². The summed E-state index contributed by atoms with van der Waals surface area (Å²) in [6.45, 7) is 9.12. The first-order valence-electron chi connectivity index (χ1n) is 7.22. The molecule has 0 fully saturated rings. The summed E-state index contributed by atoms with van der Waals surface area (Å²) in [5.74, 6) is 0.171. The zero-order valence-corrected chi connectivity index (χ0v) is 14.3. The molecule has 0 radical (unpaired) electrons. The standard InChI is InChI=1S/C17H12BrN5O/c1-9(24)6-13-16(20-2)14(12-8-21-23-17(12)22-13)11-5-3-4-10(7-19)15(11)18/h3-5,8,14,16H,6H2,1H3,(H,21,23). The smallest absolute Gasteiger partial charge is 0.272 e. The number of nitriles is 1. The first-order chi connectivity index (χ1) is 11.6. The third kappa shape index (κ3) is 2.64. The Balaban J connectivity index is 2.20. The first kappa shape index (κ1) is 16.1. The second-order valence-corrected chi connectivity index (χ2v) is 6.32. The van der Waals surface area contributed by atoms with E-state index in [-0.39, 0.29) is 18.1 Å². The predicted octanol–water partition coefficient (Wildman–Crippen LogP) is 3.53. The van der Waals surface area contributed by atoms with Crippen molar-refractivity contribution in [2.45, 2.75) is 25.3 Å². The van der Waals surface area contributed by atoms with E-state index in [2.05, 4.69) is 42.0 Å². The molecule has 0 saturated carbocycles. The van der Waals surface area contributed by atoms with Crippen molar-refractivity contribution in [3.8, 4) is 6.07 Å². The van der Waals surface area contributed by atoms with Crippen molar-refractivity contribution >= 4 is 33.2 Å². The van der Waals surface area contributed by atoms with Crippen LogP contribution in [-0.2, 0) is 4.79 Å². The topological polar surface area (TPSA) is 86.3 Å². The fourth-order valence-electron chi connectivity index (χ4n) is 2.94. The second kappa shape index (κ2) is 6.38. The van der Waals surface area contributed by atoms with Crippen LogP contribution in [-0.4, -0.2) is 27.7 Å². The highest BCUT2D eigenvalue weighted by Gasteiger charge is 2.41. The maximum atomic E-state index is 11.6. The van der Waals surface area contributed by atoms with Crippen molar-refractivity contribution in [1.29, 1.82) is 5.26 Å². The van der Waals surface area contributed by atoms with Gasteiger partial charge >= 0.3 is 0 Å². The number of ketones is 1. The zero-order chi connectivity index (χ0) is 17.3. The number of Topliss-reactive ketones (excluding diaryl/α,β-unsaturated/α-hetero) is 1. The second-order valence-electron chi connectivity index (χ2n) is 5.53. The largest absolute Gasteiger partial charge is 0.306 e. The van der Waals surface area contributed by atoms with E-state index in [1.165, 1.54) is 6.92 Å². The molecule has 3 rings (SSSR count). The fraction of sp³-hybridized carbons (Fsp3) is 0.235. The van der Waals surface area contributed by atoms with Crippen LogP contribution < -0.4 is 0 Å². The number of aliphatic imine (C=N–C) groups is 1. The quantitative estimate of drug-likeness (QED) is 0.824. The van der Waals surface area contributed by atoms with Crippen LogP contribution in [0.5, 0.6) is 0 Å². The normalized spacial score (nSPS) is 18.9. The van der Waals surface area contributed by atoms with Gasteiger partial charge in [0, 0.05) is 10.0 Å². The third-order valence-corrected chi connectivity index (χ3v) is 4.83. The lowest BCUT2D eigenvalue weighted by atomic mass is 9.81. The average molecular weight is 382 g/mol. The number of halogens is 1. The van der Waals surface area contributed by atoms with E-state index < -0.39 is 6.04 Å². The van der Waals surface area contributed by atoms with Gasteiger partial charge in [0.15, 0.2) is 5.82 Å². The molecule has 2 unspecified atom stereocenters. The number of benzene rings is 1. The van der Waals surface area contributed by atoms with E-state index >= 15 is 0 Å². The number of H-pyrrole nitrogens is 1. The van der Waals surface area contributed by atoms with E-state index in [0.29, 0.717) is 21.6 Å². The molecule has 7 heteroatoms. The monoisotopic (exact) mass is 381 g/mol. The number of aromatic nitrogens is 2. The van der Waals surface area contributed by atoms with Gasteiger partial charge in [-0.3, -0.25) is 9.89 Å².